The average Bonchev–Trinajstić information content (AvgIpc) is 2.98. The first-order valence-electron chi connectivity index (χ1n) is 7.43. The molecule has 1 saturated heterocycles. The molecule has 2 unspecified atom stereocenters. The van der Waals surface area contributed by atoms with E-state index in [2.05, 4.69) is 20.2 Å². The minimum Gasteiger partial charge on any atom is -0.378 e. The van der Waals surface area contributed by atoms with Crippen LogP contribution in [0.5, 0.6) is 0 Å². The highest BCUT2D eigenvalue weighted by Gasteiger charge is 2.28. The van der Waals surface area contributed by atoms with Gasteiger partial charge in [-0.1, -0.05) is 0 Å². The fraction of sp³-hybridized carbons (Fsp3) is 0.769. The number of hydrogen-bond donors (Lipinski definition) is 3. The van der Waals surface area contributed by atoms with Crippen molar-refractivity contribution in [2.45, 2.75) is 49.9 Å². The third kappa shape index (κ3) is 3.63. The molecule has 2 fully saturated rings. The van der Waals surface area contributed by atoms with Gasteiger partial charge in [0.15, 0.2) is 5.03 Å². The summed E-state index contributed by atoms with van der Waals surface area (Å²) >= 11 is 0. The Hall–Kier alpha value is -0.960. The quantitative estimate of drug-likeness (QED) is 0.675. The minimum atomic E-state index is -3.55. The summed E-state index contributed by atoms with van der Waals surface area (Å²) in [5.41, 5.74) is 0.685. The number of aromatic nitrogens is 2. The van der Waals surface area contributed by atoms with Gasteiger partial charge in [-0.15, -0.1) is 0 Å². The molecule has 1 aliphatic carbocycles. The van der Waals surface area contributed by atoms with Crippen LogP contribution in [-0.2, 0) is 21.3 Å². The Morgan fingerprint density at radius 2 is 2.24 bits per heavy atom. The third-order valence-electron chi connectivity index (χ3n) is 4.17. The van der Waals surface area contributed by atoms with Crippen molar-refractivity contribution < 1.29 is 13.2 Å². The smallest absolute Gasteiger partial charge is 0.257 e. The van der Waals surface area contributed by atoms with Crippen LogP contribution in [0, 0.1) is 5.92 Å². The van der Waals surface area contributed by atoms with E-state index in [0.29, 0.717) is 31.3 Å². The molecule has 1 saturated carbocycles. The van der Waals surface area contributed by atoms with Gasteiger partial charge in [0.2, 0.25) is 0 Å². The van der Waals surface area contributed by atoms with Gasteiger partial charge in [0.05, 0.1) is 12.3 Å². The average molecular weight is 314 g/mol. The zero-order chi connectivity index (χ0) is 14.9. The topological polar surface area (TPSA) is 96.1 Å². The van der Waals surface area contributed by atoms with Crippen molar-refractivity contribution >= 4 is 10.0 Å². The molecule has 3 N–H and O–H groups in total. The van der Waals surface area contributed by atoms with E-state index in [1.807, 2.05) is 6.92 Å². The van der Waals surface area contributed by atoms with Crippen molar-refractivity contribution in [3.05, 3.63) is 11.8 Å². The van der Waals surface area contributed by atoms with Crippen LogP contribution in [0.1, 0.15) is 31.7 Å². The van der Waals surface area contributed by atoms with Crippen LogP contribution in [0.2, 0.25) is 0 Å². The second kappa shape index (κ2) is 6.04. The lowest BCUT2D eigenvalue weighted by atomic mass is 10.0. The van der Waals surface area contributed by atoms with Gasteiger partial charge in [-0.3, -0.25) is 5.10 Å². The van der Waals surface area contributed by atoms with Crippen LogP contribution in [0.4, 0.5) is 0 Å². The van der Waals surface area contributed by atoms with E-state index in [0.717, 1.165) is 19.3 Å². The maximum Gasteiger partial charge on any atom is 0.257 e. The largest absolute Gasteiger partial charge is 0.378 e. The molecule has 21 heavy (non-hydrogen) atoms. The summed E-state index contributed by atoms with van der Waals surface area (Å²) in [6.45, 7) is 3.61. The standard InChI is InChI=1S/C13H22N4O3S/c1-9-10(4-5-20-9)8-16-21(18,19)13-11(7-15-17-13)6-14-12-2-3-12/h7,9-10,12,14,16H,2-6,8H2,1H3,(H,15,17). The summed E-state index contributed by atoms with van der Waals surface area (Å²) in [5.74, 6) is 0.232. The van der Waals surface area contributed by atoms with Crippen molar-refractivity contribution in [2.75, 3.05) is 13.2 Å². The highest BCUT2D eigenvalue weighted by molar-refractivity contribution is 7.89. The first-order valence-corrected chi connectivity index (χ1v) is 8.91. The van der Waals surface area contributed by atoms with E-state index in [1.165, 1.54) is 0 Å². The molecule has 2 heterocycles. The van der Waals surface area contributed by atoms with Crippen molar-refractivity contribution in [1.82, 2.24) is 20.2 Å². The molecule has 0 radical (unpaired) electrons. The summed E-state index contributed by atoms with van der Waals surface area (Å²) in [6, 6.07) is 0.528. The summed E-state index contributed by atoms with van der Waals surface area (Å²) in [6.07, 6.45) is 4.90. The molecule has 3 rings (SSSR count). The number of H-pyrrole nitrogens is 1. The van der Waals surface area contributed by atoms with Crippen molar-refractivity contribution in [3.8, 4) is 0 Å². The zero-order valence-electron chi connectivity index (χ0n) is 12.1. The highest BCUT2D eigenvalue weighted by Crippen LogP contribution is 2.22. The second-order valence-electron chi connectivity index (χ2n) is 5.86. The van der Waals surface area contributed by atoms with Crippen LogP contribution in [0.25, 0.3) is 0 Å². The molecule has 2 aliphatic rings. The summed E-state index contributed by atoms with van der Waals surface area (Å²) in [5, 5.41) is 9.95. The number of hydrogen-bond acceptors (Lipinski definition) is 5. The Kier molecular flexibility index (Phi) is 4.30. The van der Waals surface area contributed by atoms with Gasteiger partial charge in [-0.25, -0.2) is 13.1 Å². The van der Waals surface area contributed by atoms with Gasteiger partial charge in [-0.05, 0) is 26.2 Å². The van der Waals surface area contributed by atoms with Crippen LogP contribution < -0.4 is 10.0 Å². The van der Waals surface area contributed by atoms with E-state index in [4.69, 9.17) is 4.74 Å². The van der Waals surface area contributed by atoms with Gasteiger partial charge < -0.3 is 10.1 Å². The number of nitrogens with zero attached hydrogens (tertiary/aromatic N) is 1. The molecule has 7 nitrogen and oxygen atoms in total. The van der Waals surface area contributed by atoms with E-state index in [1.54, 1.807) is 6.20 Å². The monoisotopic (exact) mass is 314 g/mol. The molecule has 1 aromatic heterocycles. The van der Waals surface area contributed by atoms with E-state index >= 15 is 0 Å². The van der Waals surface area contributed by atoms with Gasteiger partial charge in [0.1, 0.15) is 0 Å². The minimum absolute atomic E-state index is 0.102. The Labute approximate surface area is 124 Å². The molecular weight excluding hydrogens is 292 g/mol. The van der Waals surface area contributed by atoms with Crippen LogP contribution in [-0.4, -0.2) is 43.9 Å². The molecule has 1 aliphatic heterocycles. The maximum absolute atomic E-state index is 12.4. The van der Waals surface area contributed by atoms with Gasteiger partial charge in [0, 0.05) is 37.2 Å². The third-order valence-corrected chi connectivity index (χ3v) is 5.61. The van der Waals surface area contributed by atoms with Crippen molar-refractivity contribution in [1.29, 1.82) is 0 Å². The normalized spacial score (nSPS) is 26.3. The van der Waals surface area contributed by atoms with E-state index in [9.17, 15) is 8.42 Å². The van der Waals surface area contributed by atoms with Gasteiger partial charge >= 0.3 is 0 Å². The number of nitrogens with one attached hydrogen (secondary N) is 3. The Morgan fingerprint density at radius 1 is 1.43 bits per heavy atom. The predicted octanol–water partition coefficient (Wildman–Crippen LogP) is 0.365. The van der Waals surface area contributed by atoms with Gasteiger partial charge in [0.25, 0.3) is 10.0 Å². The lowest BCUT2D eigenvalue weighted by Crippen LogP contribution is -2.33. The number of sulfonamides is 1. The Morgan fingerprint density at radius 3 is 2.90 bits per heavy atom. The molecule has 0 amide bonds. The highest BCUT2D eigenvalue weighted by atomic mass is 32.2. The summed E-state index contributed by atoms with van der Waals surface area (Å²) in [7, 11) is -3.55. The summed E-state index contributed by atoms with van der Waals surface area (Å²) in [4.78, 5) is 0. The lowest BCUT2D eigenvalue weighted by Gasteiger charge is -2.15. The molecule has 2 atom stereocenters. The molecule has 118 valence electrons. The van der Waals surface area contributed by atoms with Crippen molar-refractivity contribution in [3.63, 3.8) is 0 Å². The molecule has 0 spiro atoms. The van der Waals surface area contributed by atoms with E-state index < -0.39 is 10.0 Å². The van der Waals surface area contributed by atoms with Crippen LogP contribution in [0.3, 0.4) is 0 Å². The Bertz CT molecular complexity index is 582. The molecule has 0 bridgehead atoms. The molecule has 0 aromatic carbocycles. The fourth-order valence-electron chi connectivity index (χ4n) is 2.53. The maximum atomic E-state index is 12.4. The van der Waals surface area contributed by atoms with Crippen LogP contribution in [0.15, 0.2) is 11.2 Å². The molecule has 8 heteroatoms. The number of aromatic amines is 1. The van der Waals surface area contributed by atoms with E-state index in [-0.39, 0.29) is 17.0 Å². The second-order valence-corrected chi connectivity index (χ2v) is 7.56. The number of rotatable bonds is 7. The number of ether oxygens (including phenoxy) is 1. The first kappa shape index (κ1) is 15.0. The molecular formula is C13H22N4O3S. The molecule has 1 aromatic rings. The first-order chi connectivity index (χ1) is 10.1. The Balaban J connectivity index is 1.62. The fourth-order valence-corrected chi connectivity index (χ4v) is 3.75. The van der Waals surface area contributed by atoms with Crippen molar-refractivity contribution in [2.24, 2.45) is 5.92 Å². The summed E-state index contributed by atoms with van der Waals surface area (Å²) < 4.78 is 32.9. The van der Waals surface area contributed by atoms with Gasteiger partial charge in [-0.2, -0.15) is 5.10 Å². The zero-order valence-corrected chi connectivity index (χ0v) is 12.9. The van der Waals surface area contributed by atoms with Crippen LogP contribution >= 0.6 is 0 Å². The predicted molar refractivity (Wildman–Crippen MR) is 77.2 cm³/mol. The SMILES string of the molecule is CC1OCCC1CNS(=O)(=O)c1[nH]ncc1CNC1CC1. The lowest BCUT2D eigenvalue weighted by molar-refractivity contribution is 0.107.